The molecule has 4 N–H and O–H groups in total. The van der Waals surface area contributed by atoms with E-state index in [1.165, 1.54) is 12.1 Å². The first kappa shape index (κ1) is 15.3. The second-order valence-electron chi connectivity index (χ2n) is 3.83. The predicted octanol–water partition coefficient (Wildman–Crippen LogP) is 1.48. The second-order valence-corrected chi connectivity index (χ2v) is 4.84. The summed E-state index contributed by atoms with van der Waals surface area (Å²) >= 11 is 1.07. The van der Waals surface area contributed by atoms with Crippen molar-refractivity contribution in [3.8, 4) is 0 Å². The van der Waals surface area contributed by atoms with Crippen molar-refractivity contribution in [2.75, 3.05) is 18.0 Å². The van der Waals surface area contributed by atoms with E-state index in [-0.39, 0.29) is 18.1 Å². The summed E-state index contributed by atoms with van der Waals surface area (Å²) < 4.78 is 13.4. The van der Waals surface area contributed by atoms with Crippen molar-refractivity contribution in [2.24, 2.45) is 0 Å². The zero-order chi connectivity index (χ0) is 14.3. The van der Waals surface area contributed by atoms with Crippen molar-refractivity contribution >= 4 is 29.3 Å². The fourth-order valence-corrected chi connectivity index (χ4v) is 2.05. The van der Waals surface area contributed by atoms with Gasteiger partial charge in [0.1, 0.15) is 5.82 Å². The van der Waals surface area contributed by atoms with Gasteiger partial charge in [0.15, 0.2) is 0 Å². The van der Waals surface area contributed by atoms with Gasteiger partial charge in [-0.05, 0) is 24.6 Å². The lowest BCUT2D eigenvalue weighted by atomic mass is 10.3. The van der Waals surface area contributed by atoms with E-state index in [0.717, 1.165) is 11.8 Å². The minimum absolute atomic E-state index is 0.0139. The van der Waals surface area contributed by atoms with E-state index in [1.807, 2.05) is 0 Å². The molecule has 1 rings (SSSR count). The van der Waals surface area contributed by atoms with Gasteiger partial charge in [-0.2, -0.15) is 0 Å². The normalized spacial score (nSPS) is 10.2. The number of nitrogens with two attached hydrogens (primary N) is 1. The van der Waals surface area contributed by atoms with Crippen LogP contribution >= 0.6 is 11.8 Å². The number of nitrogen functional groups attached to an aromatic ring is 1. The molecule has 0 aliphatic rings. The van der Waals surface area contributed by atoms with Crippen molar-refractivity contribution in [1.82, 2.24) is 5.32 Å². The number of hydrogen-bond acceptors (Lipinski definition) is 4. The molecule has 7 heteroatoms. The maximum atomic E-state index is 13.4. The summed E-state index contributed by atoms with van der Waals surface area (Å²) in [5, 5.41) is 11.0. The summed E-state index contributed by atoms with van der Waals surface area (Å²) in [4.78, 5) is 22.0. The van der Waals surface area contributed by atoms with Crippen molar-refractivity contribution < 1.29 is 19.1 Å². The molecule has 0 saturated heterocycles. The first-order chi connectivity index (χ1) is 8.99. The molecule has 0 unspecified atom stereocenters. The summed E-state index contributed by atoms with van der Waals surface area (Å²) in [6, 6.07) is 4.29. The topological polar surface area (TPSA) is 92.4 Å². The molecule has 0 aliphatic carbocycles. The van der Waals surface area contributed by atoms with Crippen LogP contribution in [-0.2, 0) is 9.59 Å². The molecule has 0 heterocycles. The summed E-state index contributed by atoms with van der Waals surface area (Å²) in [5.41, 5.74) is 5.75. The SMILES string of the molecule is Nc1ccc(SCC(=O)NCCCC(=O)O)c(F)c1. The van der Waals surface area contributed by atoms with E-state index < -0.39 is 11.8 Å². The van der Waals surface area contributed by atoms with Crippen LogP contribution < -0.4 is 11.1 Å². The van der Waals surface area contributed by atoms with Gasteiger partial charge in [0.25, 0.3) is 0 Å². The number of hydrogen-bond donors (Lipinski definition) is 3. The number of rotatable bonds is 7. The molecule has 1 aromatic rings. The Kier molecular flexibility index (Phi) is 6.14. The van der Waals surface area contributed by atoms with Gasteiger partial charge in [0, 0.05) is 23.5 Å². The average Bonchev–Trinajstić information content (AvgIpc) is 2.33. The predicted molar refractivity (Wildman–Crippen MR) is 71.4 cm³/mol. The Morgan fingerprint density at radius 1 is 1.42 bits per heavy atom. The van der Waals surface area contributed by atoms with Crippen molar-refractivity contribution in [3.63, 3.8) is 0 Å². The fourth-order valence-electron chi connectivity index (χ4n) is 1.30. The van der Waals surface area contributed by atoms with E-state index in [1.54, 1.807) is 6.07 Å². The third-order valence-electron chi connectivity index (χ3n) is 2.20. The minimum Gasteiger partial charge on any atom is -0.481 e. The smallest absolute Gasteiger partial charge is 0.303 e. The standard InChI is InChI=1S/C12H15FN2O3S/c13-9-6-8(14)3-4-10(9)19-7-11(16)15-5-1-2-12(17)18/h3-4,6H,1-2,5,7,14H2,(H,15,16)(H,17,18). The highest BCUT2D eigenvalue weighted by Gasteiger charge is 2.07. The van der Waals surface area contributed by atoms with Gasteiger partial charge in [-0.25, -0.2) is 4.39 Å². The van der Waals surface area contributed by atoms with Gasteiger partial charge in [-0.1, -0.05) is 0 Å². The highest BCUT2D eigenvalue weighted by molar-refractivity contribution is 8.00. The summed E-state index contributed by atoms with van der Waals surface area (Å²) in [6.07, 6.45) is 0.391. The number of nitrogens with one attached hydrogen (secondary N) is 1. The summed E-state index contributed by atoms with van der Waals surface area (Å²) in [7, 11) is 0. The Bertz CT molecular complexity index is 468. The number of carboxylic acids is 1. The van der Waals surface area contributed by atoms with Gasteiger partial charge in [0.05, 0.1) is 5.75 Å². The van der Waals surface area contributed by atoms with E-state index in [4.69, 9.17) is 10.8 Å². The van der Waals surface area contributed by atoms with Crippen LogP contribution in [0.2, 0.25) is 0 Å². The lowest BCUT2D eigenvalue weighted by Crippen LogP contribution is -2.26. The highest BCUT2D eigenvalue weighted by Crippen LogP contribution is 2.23. The van der Waals surface area contributed by atoms with Gasteiger partial charge in [-0.15, -0.1) is 11.8 Å². The van der Waals surface area contributed by atoms with Crippen LogP contribution in [0.25, 0.3) is 0 Å². The molecule has 104 valence electrons. The molecule has 0 atom stereocenters. The van der Waals surface area contributed by atoms with E-state index in [9.17, 15) is 14.0 Å². The number of halogens is 1. The molecule has 0 spiro atoms. The molecular weight excluding hydrogens is 271 g/mol. The quantitative estimate of drug-likeness (QED) is 0.401. The van der Waals surface area contributed by atoms with Gasteiger partial charge < -0.3 is 16.2 Å². The van der Waals surface area contributed by atoms with E-state index >= 15 is 0 Å². The van der Waals surface area contributed by atoms with E-state index in [0.29, 0.717) is 23.5 Å². The van der Waals surface area contributed by atoms with Crippen LogP contribution in [0, 0.1) is 5.82 Å². The molecule has 0 radical (unpaired) electrons. The van der Waals surface area contributed by atoms with Crippen LogP contribution in [0.1, 0.15) is 12.8 Å². The highest BCUT2D eigenvalue weighted by atomic mass is 32.2. The number of carbonyl (C=O) groups is 2. The Balaban J connectivity index is 2.28. The maximum Gasteiger partial charge on any atom is 0.303 e. The Morgan fingerprint density at radius 3 is 2.79 bits per heavy atom. The third-order valence-corrected chi connectivity index (χ3v) is 3.25. The Hall–Kier alpha value is -1.76. The molecule has 0 aromatic heterocycles. The number of amides is 1. The molecule has 0 saturated carbocycles. The van der Waals surface area contributed by atoms with E-state index in [2.05, 4.69) is 5.32 Å². The van der Waals surface area contributed by atoms with Crippen LogP contribution in [0.4, 0.5) is 10.1 Å². The van der Waals surface area contributed by atoms with Crippen LogP contribution in [0.15, 0.2) is 23.1 Å². The zero-order valence-electron chi connectivity index (χ0n) is 10.2. The molecule has 0 bridgehead atoms. The molecule has 1 amide bonds. The van der Waals surface area contributed by atoms with Crippen molar-refractivity contribution in [1.29, 1.82) is 0 Å². The average molecular weight is 286 g/mol. The third kappa shape index (κ3) is 6.10. The number of thioether (sulfide) groups is 1. The molecule has 0 fully saturated rings. The van der Waals surface area contributed by atoms with Gasteiger partial charge in [0.2, 0.25) is 5.91 Å². The van der Waals surface area contributed by atoms with Crippen LogP contribution in [-0.4, -0.2) is 29.3 Å². The summed E-state index contributed by atoms with van der Waals surface area (Å²) in [5.74, 6) is -1.53. The largest absolute Gasteiger partial charge is 0.481 e. The monoisotopic (exact) mass is 286 g/mol. The zero-order valence-corrected chi connectivity index (χ0v) is 11.0. The molecule has 5 nitrogen and oxygen atoms in total. The Morgan fingerprint density at radius 2 is 2.16 bits per heavy atom. The number of carboxylic acid groups (broad SMARTS) is 1. The van der Waals surface area contributed by atoms with Crippen molar-refractivity contribution in [3.05, 3.63) is 24.0 Å². The van der Waals surface area contributed by atoms with Crippen molar-refractivity contribution in [2.45, 2.75) is 17.7 Å². The number of carbonyl (C=O) groups excluding carboxylic acids is 1. The van der Waals surface area contributed by atoms with Crippen LogP contribution in [0.5, 0.6) is 0 Å². The molecule has 1 aromatic carbocycles. The number of benzene rings is 1. The van der Waals surface area contributed by atoms with Gasteiger partial charge in [-0.3, -0.25) is 9.59 Å². The molecular formula is C12H15FN2O3S. The molecule has 19 heavy (non-hydrogen) atoms. The maximum absolute atomic E-state index is 13.4. The molecule has 0 aliphatic heterocycles. The second kappa shape index (κ2) is 7.63. The Labute approximate surface area is 114 Å². The number of aliphatic carboxylic acids is 1. The number of anilines is 1. The lowest BCUT2D eigenvalue weighted by Gasteiger charge is -2.05. The first-order valence-electron chi connectivity index (χ1n) is 5.65. The first-order valence-corrected chi connectivity index (χ1v) is 6.64. The van der Waals surface area contributed by atoms with Gasteiger partial charge >= 0.3 is 5.97 Å². The summed E-state index contributed by atoms with van der Waals surface area (Å²) in [6.45, 7) is 0.302. The van der Waals surface area contributed by atoms with Crippen LogP contribution in [0.3, 0.4) is 0 Å². The fraction of sp³-hybridized carbons (Fsp3) is 0.333. The lowest BCUT2D eigenvalue weighted by molar-refractivity contribution is -0.137. The minimum atomic E-state index is -0.896.